The Morgan fingerprint density at radius 1 is 0.946 bits per heavy atom. The van der Waals surface area contributed by atoms with Gasteiger partial charge in [0.1, 0.15) is 23.3 Å². The van der Waals surface area contributed by atoms with Crippen molar-refractivity contribution in [1.29, 1.82) is 0 Å². The van der Waals surface area contributed by atoms with Crippen LogP contribution in [-0.4, -0.2) is 35.2 Å². The molecular weight excluding hydrogens is 477 g/mol. The fourth-order valence-electron chi connectivity index (χ4n) is 5.69. The monoisotopic (exact) mass is 506 g/mol. The molecule has 0 saturated carbocycles. The molecule has 0 fully saturated rings. The second kappa shape index (κ2) is 9.57. The predicted molar refractivity (Wildman–Crippen MR) is 140 cm³/mol. The number of aryl methyl sites for hydroxylation is 2. The first-order valence-electron chi connectivity index (χ1n) is 12.4. The second-order valence-corrected chi connectivity index (χ2v) is 9.49. The van der Waals surface area contributed by atoms with Crippen molar-refractivity contribution in [2.45, 2.75) is 44.3 Å². The Morgan fingerprint density at radius 2 is 1.59 bits per heavy atom. The van der Waals surface area contributed by atoms with Crippen molar-refractivity contribution in [2.75, 3.05) is 18.9 Å². The quantitative estimate of drug-likeness (QED) is 0.280. The van der Waals surface area contributed by atoms with Crippen LogP contribution >= 0.6 is 0 Å². The van der Waals surface area contributed by atoms with E-state index in [1.54, 1.807) is 0 Å². The van der Waals surface area contributed by atoms with Crippen molar-refractivity contribution in [3.05, 3.63) is 83.7 Å². The molecule has 2 N–H and O–H groups in total. The van der Waals surface area contributed by atoms with Crippen molar-refractivity contribution in [1.82, 2.24) is 14.9 Å². The molecule has 1 aliphatic carbocycles. The number of imidazole rings is 1. The smallest absolute Gasteiger partial charge is 0.386 e. The average Bonchev–Trinajstić information content (AvgIpc) is 3.37. The van der Waals surface area contributed by atoms with E-state index < -0.39 is 24.0 Å². The van der Waals surface area contributed by atoms with Gasteiger partial charge in [-0.15, -0.1) is 0 Å². The van der Waals surface area contributed by atoms with Gasteiger partial charge in [-0.3, -0.25) is 4.79 Å². The molecule has 8 heteroatoms. The van der Waals surface area contributed by atoms with Gasteiger partial charge in [0.05, 0.1) is 11.2 Å². The number of benzene rings is 3. The van der Waals surface area contributed by atoms with Crippen molar-refractivity contribution >= 4 is 22.6 Å². The minimum atomic E-state index is -4.49. The van der Waals surface area contributed by atoms with Crippen LogP contribution in [0.2, 0.25) is 0 Å². The van der Waals surface area contributed by atoms with Gasteiger partial charge in [-0.2, -0.15) is 13.2 Å². The molecule has 0 radical (unpaired) electrons. The van der Waals surface area contributed by atoms with Crippen molar-refractivity contribution < 1.29 is 18.0 Å². The summed E-state index contributed by atoms with van der Waals surface area (Å²) in [5.74, 6) is 0.289. The summed E-state index contributed by atoms with van der Waals surface area (Å²) in [6.07, 6.45) is -2.69. The number of hydrogen-bond acceptors (Lipinski definition) is 3. The molecule has 1 aliphatic rings. The Balaban J connectivity index is 1.44. The lowest BCUT2D eigenvalue weighted by atomic mass is 9.73. The Morgan fingerprint density at radius 3 is 2.22 bits per heavy atom. The molecule has 5 nitrogen and oxygen atoms in total. The molecule has 0 atom stereocenters. The number of alkyl halides is 3. The zero-order valence-electron chi connectivity index (χ0n) is 20.8. The summed E-state index contributed by atoms with van der Waals surface area (Å²) in [7, 11) is 1.86. The normalized spacial score (nSPS) is 13.9. The number of unbranched alkanes of at least 4 members (excludes halogenated alkanes) is 1. The first-order valence-corrected chi connectivity index (χ1v) is 12.4. The highest BCUT2D eigenvalue weighted by Gasteiger charge is 2.49. The molecule has 5 rings (SSSR count). The van der Waals surface area contributed by atoms with E-state index in [0.29, 0.717) is 19.4 Å². The fourth-order valence-corrected chi connectivity index (χ4v) is 5.69. The summed E-state index contributed by atoms with van der Waals surface area (Å²) >= 11 is 0. The first kappa shape index (κ1) is 24.9. The van der Waals surface area contributed by atoms with Gasteiger partial charge < -0.3 is 15.2 Å². The van der Waals surface area contributed by atoms with Gasteiger partial charge in [0.2, 0.25) is 5.91 Å². The number of nitrogens with zero attached hydrogens (tertiary/aromatic N) is 2. The molecule has 3 aromatic carbocycles. The number of rotatable bonds is 8. The van der Waals surface area contributed by atoms with Crippen LogP contribution in [0.5, 0.6) is 0 Å². The summed E-state index contributed by atoms with van der Waals surface area (Å²) in [6, 6.07) is 21.1. The van der Waals surface area contributed by atoms with E-state index in [1.807, 2.05) is 80.7 Å². The fraction of sp³-hybridized carbons (Fsp3) is 0.310. The predicted octanol–water partition coefficient (Wildman–Crippen LogP) is 6.20. The molecule has 4 aromatic rings. The molecule has 1 amide bonds. The van der Waals surface area contributed by atoms with E-state index >= 15 is 0 Å². The molecule has 0 spiro atoms. The van der Waals surface area contributed by atoms with Gasteiger partial charge in [-0.1, -0.05) is 54.6 Å². The number of carbonyl (C=O) groups excluding carboxylic acids is 1. The molecule has 192 valence electrons. The van der Waals surface area contributed by atoms with E-state index in [0.717, 1.165) is 51.2 Å². The minimum Gasteiger partial charge on any atom is -0.386 e. The topological polar surface area (TPSA) is 59.0 Å². The number of hydrogen-bond donors (Lipinski definition) is 2. The highest BCUT2D eigenvalue weighted by atomic mass is 19.4. The van der Waals surface area contributed by atoms with E-state index in [9.17, 15) is 18.0 Å². The summed E-state index contributed by atoms with van der Waals surface area (Å²) in [5, 5.41) is 5.37. The summed E-state index contributed by atoms with van der Waals surface area (Å²) in [5.41, 5.74) is 5.04. The van der Waals surface area contributed by atoms with Gasteiger partial charge >= 0.3 is 6.18 Å². The van der Waals surface area contributed by atoms with E-state index in [4.69, 9.17) is 4.98 Å². The Kier molecular flexibility index (Phi) is 6.43. The van der Waals surface area contributed by atoms with E-state index in [1.165, 1.54) is 0 Å². The number of amides is 1. The molecule has 0 unspecified atom stereocenters. The number of para-hydroxylation sites is 1. The van der Waals surface area contributed by atoms with Crippen LogP contribution in [-0.2, 0) is 16.8 Å². The average molecular weight is 507 g/mol. The number of carbonyl (C=O) groups is 1. The highest BCUT2D eigenvalue weighted by Crippen LogP contribution is 2.51. The maximum Gasteiger partial charge on any atom is 0.405 e. The lowest BCUT2D eigenvalue weighted by Crippen LogP contribution is -2.47. The van der Waals surface area contributed by atoms with Gasteiger partial charge in [0.15, 0.2) is 0 Å². The maximum absolute atomic E-state index is 13.6. The molecule has 37 heavy (non-hydrogen) atoms. The number of anilines is 1. The van der Waals surface area contributed by atoms with E-state index in [2.05, 4.69) is 15.2 Å². The van der Waals surface area contributed by atoms with Crippen molar-refractivity contribution in [3.63, 3.8) is 0 Å². The van der Waals surface area contributed by atoms with Crippen LogP contribution in [0.4, 0.5) is 18.9 Å². The van der Waals surface area contributed by atoms with Gasteiger partial charge in [0.25, 0.3) is 0 Å². The van der Waals surface area contributed by atoms with Crippen molar-refractivity contribution in [2.24, 2.45) is 0 Å². The summed E-state index contributed by atoms with van der Waals surface area (Å²) in [6.45, 7) is 1.31. The van der Waals surface area contributed by atoms with Gasteiger partial charge in [0, 0.05) is 13.6 Å². The SMILES string of the molecule is CNc1cccc2c1nc(C)n2CCCCC1(C(=O)NCC(F)(F)F)c2ccccc2-c2ccccc21. The van der Waals surface area contributed by atoms with Gasteiger partial charge in [-0.05, 0) is 60.6 Å². The van der Waals surface area contributed by atoms with Gasteiger partial charge in [-0.25, -0.2) is 4.98 Å². The minimum absolute atomic E-state index is 0.401. The Bertz CT molecular complexity index is 1410. The van der Waals surface area contributed by atoms with Crippen molar-refractivity contribution in [3.8, 4) is 11.1 Å². The summed E-state index contributed by atoms with van der Waals surface area (Å²) < 4.78 is 41.4. The van der Waals surface area contributed by atoms with Crippen LogP contribution < -0.4 is 10.6 Å². The van der Waals surface area contributed by atoms with E-state index in [-0.39, 0.29) is 0 Å². The van der Waals surface area contributed by atoms with Crippen LogP contribution in [0.3, 0.4) is 0 Å². The Labute approximate surface area is 213 Å². The zero-order valence-corrected chi connectivity index (χ0v) is 20.8. The molecule has 0 bridgehead atoms. The first-order chi connectivity index (χ1) is 17.8. The standard InChI is InChI=1S/C29H29F3N4O/c1-19-35-26-24(33-2)14-9-15-25(26)36(19)17-8-7-16-28(27(37)34-18-29(30,31)32)22-12-5-3-10-20(22)21-11-4-6-13-23(21)28/h3-6,9-15,33H,7-8,16-18H2,1-2H3,(H,34,37). The number of nitrogens with one attached hydrogen (secondary N) is 2. The van der Waals surface area contributed by atoms with Crippen LogP contribution in [0, 0.1) is 6.92 Å². The zero-order chi connectivity index (χ0) is 26.2. The molecule has 0 aliphatic heterocycles. The molecule has 1 heterocycles. The van der Waals surface area contributed by atoms with Crippen LogP contribution in [0.1, 0.15) is 36.2 Å². The maximum atomic E-state index is 13.6. The lowest BCUT2D eigenvalue weighted by Gasteiger charge is -2.31. The third-order valence-electron chi connectivity index (χ3n) is 7.32. The van der Waals surface area contributed by atoms with Crippen LogP contribution in [0.15, 0.2) is 66.7 Å². The second-order valence-electron chi connectivity index (χ2n) is 9.49. The number of aromatic nitrogens is 2. The third kappa shape index (κ3) is 4.34. The third-order valence-corrected chi connectivity index (χ3v) is 7.32. The van der Waals surface area contributed by atoms with Crippen LogP contribution in [0.25, 0.3) is 22.2 Å². The molecule has 0 saturated heterocycles. The molecular formula is C29H29F3N4O. The molecule has 1 aromatic heterocycles. The Hall–Kier alpha value is -3.81. The number of halogens is 3. The lowest BCUT2D eigenvalue weighted by molar-refractivity contribution is -0.141. The number of fused-ring (bicyclic) bond motifs is 4. The highest BCUT2D eigenvalue weighted by molar-refractivity contribution is 6.00. The summed E-state index contributed by atoms with van der Waals surface area (Å²) in [4.78, 5) is 18.3. The largest absolute Gasteiger partial charge is 0.405 e.